The van der Waals surface area contributed by atoms with E-state index in [9.17, 15) is 4.79 Å². The van der Waals surface area contributed by atoms with Crippen molar-refractivity contribution in [1.29, 1.82) is 0 Å². The topological polar surface area (TPSA) is 38.1 Å². The average Bonchev–Trinajstić information content (AvgIpc) is 3.32. The Balaban J connectivity index is 1.79. The molecular weight excluding hydrogens is 286 g/mol. The Morgan fingerprint density at radius 2 is 1.96 bits per heavy atom. The molecule has 1 fully saturated rings. The molecule has 0 unspecified atom stereocenters. The zero-order valence-electron chi connectivity index (χ0n) is 14.4. The van der Waals surface area contributed by atoms with E-state index in [1.54, 1.807) is 10.9 Å². The van der Waals surface area contributed by atoms with Gasteiger partial charge >= 0.3 is 0 Å². The maximum Gasteiger partial charge on any atom is 0.257 e. The van der Waals surface area contributed by atoms with E-state index in [1.165, 1.54) is 11.1 Å². The summed E-state index contributed by atoms with van der Waals surface area (Å²) in [4.78, 5) is 14.9. The van der Waals surface area contributed by atoms with E-state index in [0.717, 1.165) is 24.1 Å². The summed E-state index contributed by atoms with van der Waals surface area (Å²) in [6.07, 6.45) is 3.90. The summed E-state index contributed by atoms with van der Waals surface area (Å²) >= 11 is 0. The first-order chi connectivity index (χ1) is 11.0. The standard InChI is InChI=1S/C19H25N3O/c1-13(2)16-7-5-15(6-8-16)12-22(17-9-10-17)19(23)18-11-20-21(4)14(18)3/h5-8,11,13,17H,9-10,12H2,1-4H3. The normalized spacial score (nSPS) is 14.3. The van der Waals surface area contributed by atoms with Gasteiger partial charge in [0.25, 0.3) is 5.91 Å². The monoisotopic (exact) mass is 311 g/mol. The molecule has 0 radical (unpaired) electrons. The fraction of sp³-hybridized carbons (Fsp3) is 0.474. The van der Waals surface area contributed by atoms with Crippen LogP contribution < -0.4 is 0 Å². The molecule has 122 valence electrons. The van der Waals surface area contributed by atoms with E-state index in [-0.39, 0.29) is 5.91 Å². The Bertz CT molecular complexity index is 696. The first-order valence-electron chi connectivity index (χ1n) is 8.35. The first-order valence-corrected chi connectivity index (χ1v) is 8.35. The lowest BCUT2D eigenvalue weighted by atomic mass is 10.0. The predicted molar refractivity (Wildman–Crippen MR) is 91.4 cm³/mol. The van der Waals surface area contributed by atoms with Crippen molar-refractivity contribution in [3.63, 3.8) is 0 Å². The molecule has 1 aromatic heterocycles. The third kappa shape index (κ3) is 3.31. The fourth-order valence-corrected chi connectivity index (χ4v) is 2.82. The zero-order valence-corrected chi connectivity index (χ0v) is 14.4. The number of benzene rings is 1. The van der Waals surface area contributed by atoms with Gasteiger partial charge in [0.2, 0.25) is 0 Å². The molecule has 1 aliphatic rings. The number of aromatic nitrogens is 2. The first kappa shape index (κ1) is 15.8. The Labute approximate surface area is 138 Å². The Morgan fingerprint density at radius 1 is 1.30 bits per heavy atom. The van der Waals surface area contributed by atoms with Crippen molar-refractivity contribution in [1.82, 2.24) is 14.7 Å². The van der Waals surface area contributed by atoms with Crippen LogP contribution in [0.4, 0.5) is 0 Å². The number of rotatable bonds is 5. The highest BCUT2D eigenvalue weighted by Gasteiger charge is 2.34. The molecule has 1 aromatic carbocycles. The average molecular weight is 311 g/mol. The molecule has 3 rings (SSSR count). The fourth-order valence-electron chi connectivity index (χ4n) is 2.82. The Hall–Kier alpha value is -2.10. The molecule has 1 aliphatic carbocycles. The molecule has 4 heteroatoms. The van der Waals surface area contributed by atoms with Crippen LogP contribution in [0.25, 0.3) is 0 Å². The molecule has 4 nitrogen and oxygen atoms in total. The number of amides is 1. The maximum atomic E-state index is 12.9. The molecule has 0 N–H and O–H groups in total. The van der Waals surface area contributed by atoms with E-state index in [0.29, 0.717) is 18.5 Å². The summed E-state index contributed by atoms with van der Waals surface area (Å²) in [7, 11) is 1.87. The molecule has 0 saturated heterocycles. The minimum atomic E-state index is 0.103. The second kappa shape index (κ2) is 6.19. The van der Waals surface area contributed by atoms with Crippen molar-refractivity contribution in [2.24, 2.45) is 7.05 Å². The van der Waals surface area contributed by atoms with E-state index in [4.69, 9.17) is 0 Å². The van der Waals surface area contributed by atoms with E-state index in [2.05, 4.69) is 43.2 Å². The largest absolute Gasteiger partial charge is 0.331 e. The van der Waals surface area contributed by atoms with Crippen LogP contribution in [-0.4, -0.2) is 26.6 Å². The van der Waals surface area contributed by atoms with Gasteiger partial charge in [0.05, 0.1) is 11.8 Å². The second-order valence-electron chi connectivity index (χ2n) is 6.83. The highest BCUT2D eigenvalue weighted by molar-refractivity contribution is 5.95. The molecule has 23 heavy (non-hydrogen) atoms. The van der Waals surface area contributed by atoms with Crippen molar-refractivity contribution in [3.8, 4) is 0 Å². The number of carbonyl (C=O) groups excluding carboxylic acids is 1. The van der Waals surface area contributed by atoms with Gasteiger partial charge in [-0.2, -0.15) is 5.10 Å². The van der Waals surface area contributed by atoms with Gasteiger partial charge in [-0.1, -0.05) is 38.1 Å². The molecule has 0 bridgehead atoms. The van der Waals surface area contributed by atoms with Gasteiger partial charge < -0.3 is 4.90 Å². The summed E-state index contributed by atoms with van der Waals surface area (Å²) in [6, 6.07) is 9.02. The zero-order chi connectivity index (χ0) is 16.6. The van der Waals surface area contributed by atoms with Crippen LogP contribution in [0.1, 0.15) is 59.8 Å². The summed E-state index contributed by atoms with van der Waals surface area (Å²) in [5, 5.41) is 4.21. The van der Waals surface area contributed by atoms with Crippen LogP contribution in [0.5, 0.6) is 0 Å². The van der Waals surface area contributed by atoms with Gasteiger partial charge in [-0.05, 0) is 36.8 Å². The van der Waals surface area contributed by atoms with Crippen molar-refractivity contribution < 1.29 is 4.79 Å². The third-order valence-corrected chi connectivity index (χ3v) is 4.71. The van der Waals surface area contributed by atoms with Crippen LogP contribution in [-0.2, 0) is 13.6 Å². The van der Waals surface area contributed by atoms with Crippen molar-refractivity contribution in [2.45, 2.75) is 52.1 Å². The summed E-state index contributed by atoms with van der Waals surface area (Å²) < 4.78 is 1.76. The number of hydrogen-bond acceptors (Lipinski definition) is 2. The third-order valence-electron chi connectivity index (χ3n) is 4.71. The molecule has 0 spiro atoms. The van der Waals surface area contributed by atoms with Gasteiger partial charge in [-0.3, -0.25) is 9.48 Å². The second-order valence-corrected chi connectivity index (χ2v) is 6.83. The summed E-state index contributed by atoms with van der Waals surface area (Å²) in [6.45, 7) is 7.01. The maximum absolute atomic E-state index is 12.9. The Morgan fingerprint density at radius 3 is 2.43 bits per heavy atom. The molecule has 0 atom stereocenters. The van der Waals surface area contributed by atoms with Crippen LogP contribution in [0, 0.1) is 6.92 Å². The number of hydrogen-bond donors (Lipinski definition) is 0. The van der Waals surface area contributed by atoms with Gasteiger partial charge in [-0.25, -0.2) is 0 Å². The van der Waals surface area contributed by atoms with Crippen molar-refractivity contribution in [2.75, 3.05) is 0 Å². The predicted octanol–water partition coefficient (Wildman–Crippen LogP) is 3.66. The van der Waals surface area contributed by atoms with Crippen LogP contribution in [0.2, 0.25) is 0 Å². The molecule has 1 saturated carbocycles. The van der Waals surface area contributed by atoms with Gasteiger partial charge in [0.1, 0.15) is 0 Å². The van der Waals surface area contributed by atoms with Crippen LogP contribution in [0.3, 0.4) is 0 Å². The van der Waals surface area contributed by atoms with Gasteiger partial charge in [-0.15, -0.1) is 0 Å². The van der Waals surface area contributed by atoms with Crippen molar-refractivity contribution in [3.05, 3.63) is 52.8 Å². The molecule has 0 aliphatic heterocycles. The highest BCUT2D eigenvalue weighted by Crippen LogP contribution is 2.30. The van der Waals surface area contributed by atoms with Gasteiger partial charge in [0, 0.05) is 25.3 Å². The summed E-state index contributed by atoms with van der Waals surface area (Å²) in [5.41, 5.74) is 4.17. The van der Waals surface area contributed by atoms with Gasteiger partial charge in [0.15, 0.2) is 0 Å². The molecule has 1 heterocycles. The number of nitrogens with zero attached hydrogens (tertiary/aromatic N) is 3. The lowest BCUT2D eigenvalue weighted by Gasteiger charge is -2.22. The van der Waals surface area contributed by atoms with E-state index < -0.39 is 0 Å². The lowest BCUT2D eigenvalue weighted by molar-refractivity contribution is 0.0729. The highest BCUT2D eigenvalue weighted by atomic mass is 16.2. The smallest absolute Gasteiger partial charge is 0.257 e. The summed E-state index contributed by atoms with van der Waals surface area (Å²) in [5.74, 6) is 0.634. The molecular formula is C19H25N3O. The Kier molecular flexibility index (Phi) is 4.24. The quantitative estimate of drug-likeness (QED) is 0.845. The minimum absolute atomic E-state index is 0.103. The van der Waals surface area contributed by atoms with E-state index >= 15 is 0 Å². The minimum Gasteiger partial charge on any atom is -0.331 e. The molecule has 2 aromatic rings. The molecule has 1 amide bonds. The van der Waals surface area contributed by atoms with Crippen LogP contribution in [0.15, 0.2) is 30.5 Å². The van der Waals surface area contributed by atoms with Crippen molar-refractivity contribution >= 4 is 5.91 Å². The number of carbonyl (C=O) groups is 1. The number of aryl methyl sites for hydroxylation is 1. The van der Waals surface area contributed by atoms with E-state index in [1.807, 2.05) is 18.9 Å². The lowest BCUT2D eigenvalue weighted by Crippen LogP contribution is -2.32. The SMILES string of the molecule is Cc1c(C(=O)N(Cc2ccc(C(C)C)cc2)C2CC2)cnn1C. The van der Waals surface area contributed by atoms with Crippen LogP contribution >= 0.6 is 0 Å².